The van der Waals surface area contributed by atoms with Crippen molar-refractivity contribution in [3.8, 4) is 0 Å². The number of non-ortho nitro benzene ring substituents is 1. The lowest BCUT2D eigenvalue weighted by Crippen LogP contribution is -1.89. The summed E-state index contributed by atoms with van der Waals surface area (Å²) in [6.45, 7) is 3.61. The summed E-state index contributed by atoms with van der Waals surface area (Å²) in [5, 5.41) is 10.4. The molecular weight excluding hydrogens is 182 g/mol. The first-order valence-corrected chi connectivity index (χ1v) is 4.25. The molecule has 4 heteroatoms. The monoisotopic (exact) mass is 191 g/mol. The van der Waals surface area contributed by atoms with E-state index in [9.17, 15) is 10.1 Å². The zero-order chi connectivity index (χ0) is 10.1. The highest BCUT2D eigenvalue weighted by Gasteiger charge is 2.37. The standard InChI is InChI=1S/C10H9NO3/c1-2-9-10(14-9)7-3-5-8(6-4-7)11(12)13/h2-6,9-10H,1H2/t9-,10+/m0/s1. The molecule has 4 nitrogen and oxygen atoms in total. The van der Waals surface area contributed by atoms with E-state index in [0.29, 0.717) is 0 Å². The second kappa shape index (κ2) is 3.23. The zero-order valence-electron chi connectivity index (χ0n) is 7.42. The molecule has 2 atom stereocenters. The Labute approximate surface area is 81.0 Å². The fourth-order valence-electron chi connectivity index (χ4n) is 1.36. The van der Waals surface area contributed by atoms with Gasteiger partial charge in [0.1, 0.15) is 12.2 Å². The molecular formula is C10H9NO3. The molecule has 14 heavy (non-hydrogen) atoms. The van der Waals surface area contributed by atoms with E-state index < -0.39 is 4.92 Å². The Hall–Kier alpha value is -1.68. The molecule has 72 valence electrons. The predicted molar refractivity (Wildman–Crippen MR) is 50.9 cm³/mol. The van der Waals surface area contributed by atoms with Gasteiger partial charge in [-0.15, -0.1) is 6.58 Å². The first-order chi connectivity index (χ1) is 6.72. The Balaban J connectivity index is 2.15. The van der Waals surface area contributed by atoms with Gasteiger partial charge in [-0.25, -0.2) is 0 Å². The second-order valence-electron chi connectivity index (χ2n) is 3.11. The molecule has 0 bridgehead atoms. The lowest BCUT2D eigenvalue weighted by molar-refractivity contribution is -0.384. The fourth-order valence-corrected chi connectivity index (χ4v) is 1.36. The third-order valence-corrected chi connectivity index (χ3v) is 2.19. The summed E-state index contributed by atoms with van der Waals surface area (Å²) >= 11 is 0. The highest BCUT2D eigenvalue weighted by atomic mass is 16.6. The van der Waals surface area contributed by atoms with E-state index >= 15 is 0 Å². The van der Waals surface area contributed by atoms with E-state index in [1.165, 1.54) is 12.1 Å². The number of nitro benzene ring substituents is 1. The number of epoxide rings is 1. The van der Waals surface area contributed by atoms with Crippen LogP contribution in [0.2, 0.25) is 0 Å². The fraction of sp³-hybridized carbons (Fsp3) is 0.200. The quantitative estimate of drug-likeness (QED) is 0.318. The van der Waals surface area contributed by atoms with Crippen molar-refractivity contribution in [3.63, 3.8) is 0 Å². The van der Waals surface area contributed by atoms with Gasteiger partial charge >= 0.3 is 0 Å². The molecule has 1 aliphatic rings. The SMILES string of the molecule is C=C[C@@H]1O[C@@H]1c1ccc([N+](=O)[O-])cc1. The summed E-state index contributed by atoms with van der Waals surface area (Å²) < 4.78 is 5.26. The van der Waals surface area contributed by atoms with Crippen LogP contribution in [-0.2, 0) is 4.74 Å². The van der Waals surface area contributed by atoms with Crippen LogP contribution in [0.25, 0.3) is 0 Å². The molecule has 2 rings (SSSR count). The minimum Gasteiger partial charge on any atom is -0.360 e. The van der Waals surface area contributed by atoms with Crippen molar-refractivity contribution in [2.24, 2.45) is 0 Å². The number of nitrogens with zero attached hydrogens (tertiary/aromatic N) is 1. The Kier molecular flexibility index (Phi) is 2.05. The average Bonchev–Trinajstić information content (AvgIpc) is 2.97. The number of benzene rings is 1. The van der Waals surface area contributed by atoms with Gasteiger partial charge < -0.3 is 4.74 Å². The topological polar surface area (TPSA) is 55.7 Å². The van der Waals surface area contributed by atoms with Gasteiger partial charge in [0.25, 0.3) is 5.69 Å². The molecule has 1 fully saturated rings. The largest absolute Gasteiger partial charge is 0.360 e. The van der Waals surface area contributed by atoms with Gasteiger partial charge in [0, 0.05) is 12.1 Å². The molecule has 0 N–H and O–H groups in total. The summed E-state index contributed by atoms with van der Waals surface area (Å²) in [5.74, 6) is 0. The minimum atomic E-state index is -0.414. The smallest absolute Gasteiger partial charge is 0.269 e. The molecule has 0 amide bonds. The average molecular weight is 191 g/mol. The van der Waals surface area contributed by atoms with Crippen molar-refractivity contribution in [3.05, 3.63) is 52.6 Å². The summed E-state index contributed by atoms with van der Waals surface area (Å²) in [6.07, 6.45) is 1.83. The maximum absolute atomic E-state index is 10.4. The molecule has 1 saturated heterocycles. The molecule has 1 heterocycles. The number of ether oxygens (including phenoxy) is 1. The van der Waals surface area contributed by atoms with E-state index in [1.807, 2.05) is 0 Å². The molecule has 0 aliphatic carbocycles. The molecule has 0 unspecified atom stereocenters. The van der Waals surface area contributed by atoms with Gasteiger partial charge in [-0.1, -0.05) is 6.08 Å². The van der Waals surface area contributed by atoms with Crippen LogP contribution in [0.5, 0.6) is 0 Å². The van der Waals surface area contributed by atoms with Gasteiger partial charge in [-0.05, 0) is 17.7 Å². The molecule has 0 saturated carbocycles. The van der Waals surface area contributed by atoms with Crippen LogP contribution in [0.4, 0.5) is 5.69 Å². The van der Waals surface area contributed by atoms with Crippen molar-refractivity contribution < 1.29 is 9.66 Å². The third-order valence-electron chi connectivity index (χ3n) is 2.19. The predicted octanol–water partition coefficient (Wildman–Crippen LogP) is 2.22. The van der Waals surface area contributed by atoms with E-state index in [0.717, 1.165) is 5.56 Å². The van der Waals surface area contributed by atoms with E-state index in [1.54, 1.807) is 18.2 Å². The van der Waals surface area contributed by atoms with Gasteiger partial charge in [-0.2, -0.15) is 0 Å². The van der Waals surface area contributed by atoms with Crippen molar-refractivity contribution in [1.82, 2.24) is 0 Å². The molecule has 0 aromatic heterocycles. The highest BCUT2D eigenvalue weighted by Crippen LogP contribution is 2.39. The van der Waals surface area contributed by atoms with Gasteiger partial charge in [0.05, 0.1) is 4.92 Å². The number of hydrogen-bond donors (Lipinski definition) is 0. The normalized spacial score (nSPS) is 24.3. The van der Waals surface area contributed by atoms with Crippen LogP contribution in [0, 0.1) is 10.1 Å². The Bertz CT molecular complexity index is 371. The maximum Gasteiger partial charge on any atom is 0.269 e. The van der Waals surface area contributed by atoms with Crippen molar-refractivity contribution >= 4 is 5.69 Å². The number of rotatable bonds is 3. The van der Waals surface area contributed by atoms with Gasteiger partial charge in [0.2, 0.25) is 0 Å². The minimum absolute atomic E-state index is 0.0355. The number of hydrogen-bond acceptors (Lipinski definition) is 3. The lowest BCUT2D eigenvalue weighted by Gasteiger charge is -1.94. The molecule has 0 spiro atoms. The van der Waals surface area contributed by atoms with E-state index in [2.05, 4.69) is 6.58 Å². The van der Waals surface area contributed by atoms with Crippen LogP contribution < -0.4 is 0 Å². The van der Waals surface area contributed by atoms with Crippen molar-refractivity contribution in [2.45, 2.75) is 12.2 Å². The first-order valence-electron chi connectivity index (χ1n) is 4.25. The van der Waals surface area contributed by atoms with Crippen LogP contribution >= 0.6 is 0 Å². The summed E-state index contributed by atoms with van der Waals surface area (Å²) in [5.41, 5.74) is 1.06. The highest BCUT2D eigenvalue weighted by molar-refractivity contribution is 5.35. The van der Waals surface area contributed by atoms with E-state index in [4.69, 9.17) is 4.74 Å². The van der Waals surface area contributed by atoms with Crippen LogP contribution in [-0.4, -0.2) is 11.0 Å². The number of nitro groups is 1. The second-order valence-corrected chi connectivity index (χ2v) is 3.11. The third kappa shape index (κ3) is 1.52. The molecule has 1 aromatic rings. The Morgan fingerprint density at radius 3 is 2.50 bits per heavy atom. The molecule has 0 radical (unpaired) electrons. The summed E-state index contributed by atoms with van der Waals surface area (Å²) in [6, 6.07) is 6.40. The van der Waals surface area contributed by atoms with Crippen LogP contribution in [0.15, 0.2) is 36.9 Å². The van der Waals surface area contributed by atoms with E-state index in [-0.39, 0.29) is 17.9 Å². The Morgan fingerprint density at radius 2 is 2.07 bits per heavy atom. The van der Waals surface area contributed by atoms with Crippen LogP contribution in [0.1, 0.15) is 11.7 Å². The summed E-state index contributed by atoms with van der Waals surface area (Å²) in [4.78, 5) is 9.96. The van der Waals surface area contributed by atoms with Crippen molar-refractivity contribution in [1.29, 1.82) is 0 Å². The summed E-state index contributed by atoms with van der Waals surface area (Å²) in [7, 11) is 0. The molecule has 1 aromatic carbocycles. The maximum atomic E-state index is 10.4. The first kappa shape index (κ1) is 8.90. The van der Waals surface area contributed by atoms with Gasteiger partial charge in [0.15, 0.2) is 0 Å². The van der Waals surface area contributed by atoms with Crippen molar-refractivity contribution in [2.75, 3.05) is 0 Å². The Morgan fingerprint density at radius 1 is 1.43 bits per heavy atom. The van der Waals surface area contributed by atoms with Crippen LogP contribution in [0.3, 0.4) is 0 Å². The molecule has 1 aliphatic heterocycles. The van der Waals surface area contributed by atoms with Gasteiger partial charge in [-0.3, -0.25) is 10.1 Å². The zero-order valence-corrected chi connectivity index (χ0v) is 7.42. The lowest BCUT2D eigenvalue weighted by atomic mass is 10.1.